The summed E-state index contributed by atoms with van der Waals surface area (Å²) in [5.41, 5.74) is 1.91. The summed E-state index contributed by atoms with van der Waals surface area (Å²) in [5, 5.41) is 11.8. The quantitative estimate of drug-likeness (QED) is 0.918. The van der Waals surface area contributed by atoms with Crippen LogP contribution < -0.4 is 0 Å². The van der Waals surface area contributed by atoms with E-state index in [0.717, 1.165) is 35.9 Å². The summed E-state index contributed by atoms with van der Waals surface area (Å²) in [6.45, 7) is 2.86. The lowest BCUT2D eigenvalue weighted by Gasteiger charge is -2.24. The number of rotatable bonds is 3. The van der Waals surface area contributed by atoms with Gasteiger partial charge in [0.25, 0.3) is 0 Å². The molecule has 0 radical (unpaired) electrons. The van der Waals surface area contributed by atoms with Gasteiger partial charge in [0.05, 0.1) is 17.7 Å². The second-order valence-electron chi connectivity index (χ2n) is 5.13. The Morgan fingerprint density at radius 2 is 2.26 bits per heavy atom. The molecule has 1 aliphatic heterocycles. The van der Waals surface area contributed by atoms with Crippen LogP contribution >= 0.6 is 0 Å². The fraction of sp³-hybridized carbons (Fsp3) is 0.438. The number of aliphatic hydroxyl groups excluding tert-OH is 1. The first kappa shape index (κ1) is 12.6. The summed E-state index contributed by atoms with van der Waals surface area (Å²) in [6.07, 6.45) is 3.36. The Morgan fingerprint density at radius 3 is 3.11 bits per heavy atom. The zero-order chi connectivity index (χ0) is 13.2. The minimum Gasteiger partial charge on any atom is -0.388 e. The van der Waals surface area contributed by atoms with E-state index in [9.17, 15) is 5.11 Å². The molecule has 3 rings (SSSR count). The lowest BCUT2D eigenvalue weighted by molar-refractivity contribution is 0.0313. The molecule has 1 saturated heterocycles. The molecule has 19 heavy (non-hydrogen) atoms. The highest BCUT2D eigenvalue weighted by molar-refractivity contribution is 5.82. The Morgan fingerprint density at radius 1 is 1.37 bits per heavy atom. The third kappa shape index (κ3) is 2.24. The maximum atomic E-state index is 10.7. The van der Waals surface area contributed by atoms with Crippen molar-refractivity contribution < 1.29 is 9.84 Å². The molecule has 1 N–H and O–H groups in total. The van der Waals surface area contributed by atoms with Crippen LogP contribution in [-0.4, -0.2) is 22.8 Å². The molecule has 1 aromatic heterocycles. The van der Waals surface area contributed by atoms with Crippen molar-refractivity contribution in [2.45, 2.75) is 32.0 Å². The highest BCUT2D eigenvalue weighted by atomic mass is 16.5. The van der Waals surface area contributed by atoms with Gasteiger partial charge >= 0.3 is 0 Å². The molecule has 3 heteroatoms. The van der Waals surface area contributed by atoms with Gasteiger partial charge in [-0.25, -0.2) is 0 Å². The molecule has 0 aliphatic carbocycles. The number of aliphatic hydroxyl groups is 1. The maximum absolute atomic E-state index is 10.7. The van der Waals surface area contributed by atoms with Gasteiger partial charge in [0.2, 0.25) is 0 Å². The molecular weight excluding hydrogens is 238 g/mol. The summed E-state index contributed by atoms with van der Waals surface area (Å²) in [4.78, 5) is 4.35. The van der Waals surface area contributed by atoms with Crippen molar-refractivity contribution in [3.8, 4) is 0 Å². The standard InChI is InChI=1S/C16H19NO2/c1-2-15-13(8-10-19-15)16(18)12-5-3-7-14-11(12)6-4-9-17-14/h3-7,9,13,15-16,18H,2,8,10H2,1H3. The van der Waals surface area contributed by atoms with Crippen LogP contribution in [0, 0.1) is 5.92 Å². The van der Waals surface area contributed by atoms with Crippen LogP contribution in [-0.2, 0) is 4.74 Å². The average molecular weight is 257 g/mol. The van der Waals surface area contributed by atoms with E-state index in [-0.39, 0.29) is 12.0 Å². The zero-order valence-corrected chi connectivity index (χ0v) is 11.1. The number of benzene rings is 1. The van der Waals surface area contributed by atoms with Crippen LogP contribution in [0.1, 0.15) is 31.4 Å². The van der Waals surface area contributed by atoms with E-state index in [1.165, 1.54) is 0 Å². The van der Waals surface area contributed by atoms with Crippen molar-refractivity contribution in [3.63, 3.8) is 0 Å². The molecule has 0 bridgehead atoms. The van der Waals surface area contributed by atoms with Crippen LogP contribution in [0.5, 0.6) is 0 Å². The van der Waals surface area contributed by atoms with Gasteiger partial charge in [0.1, 0.15) is 0 Å². The molecule has 1 aliphatic rings. The average Bonchev–Trinajstić information content (AvgIpc) is 2.94. The Balaban J connectivity index is 1.99. The summed E-state index contributed by atoms with van der Waals surface area (Å²) >= 11 is 0. The molecule has 1 aromatic carbocycles. The normalized spacial score (nSPS) is 24.7. The molecule has 0 spiro atoms. The van der Waals surface area contributed by atoms with Crippen LogP contribution in [0.15, 0.2) is 36.5 Å². The molecular formula is C16H19NO2. The van der Waals surface area contributed by atoms with Crippen molar-refractivity contribution in [2.24, 2.45) is 5.92 Å². The monoisotopic (exact) mass is 257 g/mol. The molecule has 2 aromatic rings. The first-order valence-corrected chi connectivity index (χ1v) is 6.94. The van der Waals surface area contributed by atoms with Crippen molar-refractivity contribution in [3.05, 3.63) is 42.1 Å². The minimum absolute atomic E-state index is 0.168. The highest BCUT2D eigenvalue weighted by Gasteiger charge is 2.34. The fourth-order valence-electron chi connectivity index (χ4n) is 3.06. The van der Waals surface area contributed by atoms with Crippen molar-refractivity contribution >= 4 is 10.9 Å². The molecule has 0 saturated carbocycles. The molecule has 1 fully saturated rings. The van der Waals surface area contributed by atoms with Gasteiger partial charge in [0.15, 0.2) is 0 Å². The van der Waals surface area contributed by atoms with Gasteiger partial charge in [0, 0.05) is 24.1 Å². The maximum Gasteiger partial charge on any atom is 0.0850 e. The largest absolute Gasteiger partial charge is 0.388 e. The van der Waals surface area contributed by atoms with E-state index in [4.69, 9.17) is 4.74 Å². The first-order valence-electron chi connectivity index (χ1n) is 6.94. The van der Waals surface area contributed by atoms with Gasteiger partial charge in [-0.2, -0.15) is 0 Å². The Hall–Kier alpha value is -1.45. The number of hydrogen-bond donors (Lipinski definition) is 1. The second kappa shape index (κ2) is 5.27. The van der Waals surface area contributed by atoms with Gasteiger partial charge in [-0.1, -0.05) is 25.1 Å². The van der Waals surface area contributed by atoms with E-state index in [1.807, 2.05) is 30.3 Å². The summed E-state index contributed by atoms with van der Waals surface area (Å²) < 4.78 is 5.69. The van der Waals surface area contributed by atoms with E-state index in [2.05, 4.69) is 11.9 Å². The predicted molar refractivity (Wildman–Crippen MR) is 74.8 cm³/mol. The third-order valence-electron chi connectivity index (χ3n) is 4.07. The number of pyridine rings is 1. The van der Waals surface area contributed by atoms with Crippen molar-refractivity contribution in [2.75, 3.05) is 6.61 Å². The SMILES string of the molecule is CCC1OCCC1C(O)c1cccc2ncccc12. The Bertz CT molecular complexity index is 564. The molecule has 3 unspecified atom stereocenters. The van der Waals surface area contributed by atoms with Gasteiger partial charge in [-0.15, -0.1) is 0 Å². The number of nitrogens with zero attached hydrogens (tertiary/aromatic N) is 1. The van der Waals surface area contributed by atoms with E-state index in [1.54, 1.807) is 6.20 Å². The Labute approximate surface area is 113 Å². The fourth-order valence-corrected chi connectivity index (χ4v) is 3.06. The first-order chi connectivity index (χ1) is 9.31. The van der Waals surface area contributed by atoms with Crippen LogP contribution in [0.3, 0.4) is 0 Å². The van der Waals surface area contributed by atoms with Crippen LogP contribution in [0.2, 0.25) is 0 Å². The zero-order valence-electron chi connectivity index (χ0n) is 11.1. The molecule has 2 heterocycles. The predicted octanol–water partition coefficient (Wildman–Crippen LogP) is 3.08. The van der Waals surface area contributed by atoms with Crippen molar-refractivity contribution in [1.29, 1.82) is 0 Å². The lowest BCUT2D eigenvalue weighted by atomic mass is 9.87. The van der Waals surface area contributed by atoms with Crippen LogP contribution in [0.4, 0.5) is 0 Å². The number of aromatic nitrogens is 1. The highest BCUT2D eigenvalue weighted by Crippen LogP contribution is 2.36. The van der Waals surface area contributed by atoms with E-state index < -0.39 is 6.10 Å². The molecule has 3 nitrogen and oxygen atoms in total. The third-order valence-corrected chi connectivity index (χ3v) is 4.07. The van der Waals surface area contributed by atoms with Crippen LogP contribution in [0.25, 0.3) is 10.9 Å². The number of fused-ring (bicyclic) bond motifs is 1. The number of ether oxygens (including phenoxy) is 1. The minimum atomic E-state index is -0.472. The smallest absolute Gasteiger partial charge is 0.0850 e. The molecule has 0 amide bonds. The van der Waals surface area contributed by atoms with Gasteiger partial charge < -0.3 is 9.84 Å². The molecule has 3 atom stereocenters. The van der Waals surface area contributed by atoms with Crippen molar-refractivity contribution in [1.82, 2.24) is 4.98 Å². The Kier molecular flexibility index (Phi) is 3.49. The van der Waals surface area contributed by atoms with E-state index >= 15 is 0 Å². The number of hydrogen-bond acceptors (Lipinski definition) is 3. The summed E-state index contributed by atoms with van der Waals surface area (Å²) in [7, 11) is 0. The molecule has 100 valence electrons. The summed E-state index contributed by atoms with van der Waals surface area (Å²) in [5.74, 6) is 0.191. The second-order valence-corrected chi connectivity index (χ2v) is 5.13. The summed E-state index contributed by atoms with van der Waals surface area (Å²) in [6, 6.07) is 9.89. The van der Waals surface area contributed by atoms with Gasteiger partial charge in [-0.3, -0.25) is 4.98 Å². The topological polar surface area (TPSA) is 42.4 Å². The van der Waals surface area contributed by atoms with Gasteiger partial charge in [-0.05, 0) is 30.5 Å². The van der Waals surface area contributed by atoms with E-state index in [0.29, 0.717) is 0 Å². The lowest BCUT2D eigenvalue weighted by Crippen LogP contribution is -2.22.